The highest BCUT2D eigenvalue weighted by molar-refractivity contribution is 5.88. The average Bonchev–Trinajstić information content (AvgIpc) is 2.72. The molecule has 0 fully saturated rings. The number of hydrogen-bond donors (Lipinski definition) is 4. The van der Waals surface area contributed by atoms with Crippen LogP contribution >= 0.6 is 0 Å². The number of aliphatic carboxylic acids is 1. The van der Waals surface area contributed by atoms with Gasteiger partial charge in [-0.3, -0.25) is 4.79 Å². The van der Waals surface area contributed by atoms with Gasteiger partial charge in [0.1, 0.15) is 11.6 Å². The number of nitrogens with one attached hydrogen (secondary N) is 2. The lowest BCUT2D eigenvalue weighted by Gasteiger charge is -2.15. The number of hydrogen-bond acceptors (Lipinski definition) is 7. The quantitative estimate of drug-likeness (QED) is 0.312. The molecule has 31 heavy (non-hydrogen) atoms. The maximum Gasteiger partial charge on any atom is 0.340 e. The number of rotatable bonds is 10. The van der Waals surface area contributed by atoms with Crippen LogP contribution < -0.4 is 31.5 Å². The third kappa shape index (κ3) is 5.87. The summed E-state index contributed by atoms with van der Waals surface area (Å²) in [4.78, 5) is 47.0. The molecule has 0 saturated heterocycles. The number of urea groups is 1. The number of benzene rings is 1. The Morgan fingerprint density at radius 3 is 2.42 bits per heavy atom. The second kappa shape index (κ2) is 10.3. The number of methoxy groups -OCH3 is 2. The van der Waals surface area contributed by atoms with Crippen LogP contribution in [0.4, 0.5) is 4.79 Å². The first-order valence-electron chi connectivity index (χ1n) is 9.41. The minimum Gasteiger partial charge on any atom is -0.493 e. The molecule has 5 N–H and O–H groups in total. The van der Waals surface area contributed by atoms with Gasteiger partial charge in [0.05, 0.1) is 26.2 Å². The summed E-state index contributed by atoms with van der Waals surface area (Å²) >= 11 is 0. The second-order valence-electron chi connectivity index (χ2n) is 6.76. The van der Waals surface area contributed by atoms with Crippen molar-refractivity contribution in [1.29, 1.82) is 0 Å². The van der Waals surface area contributed by atoms with Crippen molar-refractivity contribution in [3.05, 3.63) is 33.7 Å². The average molecular weight is 435 g/mol. The van der Waals surface area contributed by atoms with Gasteiger partial charge in [-0.15, -0.1) is 0 Å². The number of carboxylic acids is 1. The van der Waals surface area contributed by atoms with Crippen molar-refractivity contribution in [2.24, 2.45) is 5.73 Å². The zero-order chi connectivity index (χ0) is 23.1. The van der Waals surface area contributed by atoms with Crippen molar-refractivity contribution in [2.45, 2.75) is 32.2 Å². The molecule has 1 atom stereocenters. The fraction of sp³-hybridized carbons (Fsp3) is 0.400. The van der Waals surface area contributed by atoms with E-state index in [1.54, 1.807) is 13.0 Å². The Morgan fingerprint density at radius 2 is 1.84 bits per heavy atom. The summed E-state index contributed by atoms with van der Waals surface area (Å²) in [5.74, 6) is -1.06. The molecule has 1 unspecified atom stereocenters. The van der Waals surface area contributed by atoms with Gasteiger partial charge in [0.15, 0.2) is 11.5 Å². The van der Waals surface area contributed by atoms with E-state index in [0.717, 1.165) is 0 Å². The maximum absolute atomic E-state index is 12.5. The van der Waals surface area contributed by atoms with Crippen molar-refractivity contribution in [1.82, 2.24) is 10.6 Å². The van der Waals surface area contributed by atoms with Crippen molar-refractivity contribution >= 4 is 28.9 Å². The summed E-state index contributed by atoms with van der Waals surface area (Å²) in [5.41, 5.74) is 5.14. The number of aryl methyl sites for hydroxylation is 1. The first kappa shape index (κ1) is 23.5. The van der Waals surface area contributed by atoms with Gasteiger partial charge < -0.3 is 35.4 Å². The molecule has 1 aromatic carbocycles. The van der Waals surface area contributed by atoms with E-state index in [-0.39, 0.29) is 30.5 Å². The van der Waals surface area contributed by atoms with Crippen molar-refractivity contribution in [3.8, 4) is 11.5 Å². The lowest BCUT2D eigenvalue weighted by Crippen LogP contribution is -2.42. The Bertz CT molecular complexity index is 1050. The summed E-state index contributed by atoms with van der Waals surface area (Å²) in [5, 5.41) is 14.6. The first-order valence-corrected chi connectivity index (χ1v) is 9.41. The molecular formula is C20H25N3O8. The molecule has 2 rings (SSSR count). The predicted octanol–water partition coefficient (Wildman–Crippen LogP) is 0.679. The highest BCUT2D eigenvalue weighted by Gasteiger charge is 2.22. The molecule has 3 amide bonds. The summed E-state index contributed by atoms with van der Waals surface area (Å²) in [7, 11) is 2.92. The van der Waals surface area contributed by atoms with Crippen molar-refractivity contribution in [3.63, 3.8) is 0 Å². The number of nitrogens with two attached hydrogens (primary N) is 1. The van der Waals surface area contributed by atoms with Crippen LogP contribution in [0.2, 0.25) is 0 Å². The highest BCUT2D eigenvalue weighted by Crippen LogP contribution is 2.33. The fourth-order valence-corrected chi connectivity index (χ4v) is 3.10. The SMILES string of the molecule is COc1cc2oc(=O)c(CC(=O)NC(CCCNC(N)=O)C(=O)O)c(C)c2cc1OC. The van der Waals surface area contributed by atoms with Gasteiger partial charge in [0.2, 0.25) is 5.91 Å². The summed E-state index contributed by atoms with van der Waals surface area (Å²) in [6.07, 6.45) is 0.00434. The normalized spacial score (nSPS) is 11.6. The largest absolute Gasteiger partial charge is 0.493 e. The Labute approximate surface area is 177 Å². The number of carbonyl (C=O) groups is 3. The molecule has 0 saturated carbocycles. The Morgan fingerprint density at radius 1 is 1.19 bits per heavy atom. The zero-order valence-corrected chi connectivity index (χ0v) is 17.4. The number of ether oxygens (including phenoxy) is 2. The number of carbonyl (C=O) groups excluding carboxylic acids is 2. The van der Waals surface area contributed by atoms with Crippen LogP contribution in [0.1, 0.15) is 24.0 Å². The Balaban J connectivity index is 2.21. The van der Waals surface area contributed by atoms with E-state index in [9.17, 15) is 24.3 Å². The minimum atomic E-state index is -1.23. The Hall–Kier alpha value is -3.76. The van der Waals surface area contributed by atoms with Gasteiger partial charge in [0, 0.05) is 18.0 Å². The molecule has 0 aliphatic rings. The third-order valence-corrected chi connectivity index (χ3v) is 4.73. The molecule has 2 aromatic rings. The van der Waals surface area contributed by atoms with E-state index in [0.29, 0.717) is 28.9 Å². The van der Waals surface area contributed by atoms with Gasteiger partial charge in [0.25, 0.3) is 0 Å². The van der Waals surface area contributed by atoms with Crippen molar-refractivity contribution < 1.29 is 33.4 Å². The van der Waals surface area contributed by atoms with Gasteiger partial charge in [-0.1, -0.05) is 0 Å². The minimum absolute atomic E-state index is 0.0731. The van der Waals surface area contributed by atoms with Crippen LogP contribution in [-0.4, -0.2) is 49.8 Å². The number of amides is 3. The van der Waals surface area contributed by atoms with Gasteiger partial charge in [-0.25, -0.2) is 14.4 Å². The lowest BCUT2D eigenvalue weighted by atomic mass is 10.0. The molecule has 1 heterocycles. The standard InChI is InChI=1S/C20H25N3O8/c1-10-11-7-15(29-2)16(30-3)9-14(11)31-19(27)12(10)8-17(24)23-13(18(25)26)5-4-6-22-20(21)28/h7,9,13H,4-6,8H2,1-3H3,(H,23,24)(H,25,26)(H3,21,22,28). The smallest absolute Gasteiger partial charge is 0.340 e. The first-order chi connectivity index (χ1) is 14.7. The molecule has 1 aromatic heterocycles. The van der Waals surface area contributed by atoms with Crippen molar-refractivity contribution in [2.75, 3.05) is 20.8 Å². The summed E-state index contributed by atoms with van der Waals surface area (Å²) in [6, 6.07) is 1.26. The third-order valence-electron chi connectivity index (χ3n) is 4.73. The molecule has 11 heteroatoms. The van der Waals surface area contributed by atoms with Crippen LogP contribution in [0.15, 0.2) is 21.3 Å². The number of primary amides is 1. The second-order valence-corrected chi connectivity index (χ2v) is 6.76. The van der Waals surface area contributed by atoms with Crippen LogP contribution in [-0.2, 0) is 16.0 Å². The van der Waals surface area contributed by atoms with Crippen LogP contribution in [0, 0.1) is 6.92 Å². The van der Waals surface area contributed by atoms with Gasteiger partial charge in [-0.2, -0.15) is 0 Å². The molecular weight excluding hydrogens is 410 g/mol. The van der Waals surface area contributed by atoms with Crippen LogP contribution in [0.3, 0.4) is 0 Å². The van der Waals surface area contributed by atoms with E-state index < -0.39 is 29.6 Å². The highest BCUT2D eigenvalue weighted by atomic mass is 16.5. The molecule has 0 spiro atoms. The van der Waals surface area contributed by atoms with E-state index >= 15 is 0 Å². The molecule has 0 radical (unpaired) electrons. The fourth-order valence-electron chi connectivity index (χ4n) is 3.10. The Kier molecular flexibility index (Phi) is 7.83. The van der Waals surface area contributed by atoms with Gasteiger partial charge >= 0.3 is 17.6 Å². The van der Waals surface area contributed by atoms with E-state index in [2.05, 4.69) is 10.6 Å². The van der Waals surface area contributed by atoms with E-state index in [4.69, 9.17) is 19.6 Å². The van der Waals surface area contributed by atoms with E-state index in [1.807, 2.05) is 0 Å². The van der Waals surface area contributed by atoms with Crippen LogP contribution in [0.25, 0.3) is 11.0 Å². The molecule has 11 nitrogen and oxygen atoms in total. The lowest BCUT2D eigenvalue weighted by molar-refractivity contribution is -0.141. The zero-order valence-electron chi connectivity index (χ0n) is 17.4. The molecule has 0 aliphatic carbocycles. The molecule has 0 aliphatic heterocycles. The topological polar surface area (TPSA) is 170 Å². The molecule has 168 valence electrons. The van der Waals surface area contributed by atoms with Gasteiger partial charge in [-0.05, 0) is 31.4 Å². The van der Waals surface area contributed by atoms with E-state index in [1.165, 1.54) is 20.3 Å². The predicted molar refractivity (Wildman–Crippen MR) is 110 cm³/mol. The summed E-state index contributed by atoms with van der Waals surface area (Å²) < 4.78 is 15.8. The number of fused-ring (bicyclic) bond motifs is 1. The summed E-state index contributed by atoms with van der Waals surface area (Å²) in [6.45, 7) is 1.84. The number of carboxylic acid groups (broad SMARTS) is 1. The maximum atomic E-state index is 12.5. The molecule has 0 bridgehead atoms. The monoisotopic (exact) mass is 435 g/mol. The van der Waals surface area contributed by atoms with Crippen LogP contribution in [0.5, 0.6) is 11.5 Å².